The van der Waals surface area contributed by atoms with Gasteiger partial charge in [-0.2, -0.15) is 0 Å². The molecule has 14 nitrogen and oxygen atoms in total. The van der Waals surface area contributed by atoms with Gasteiger partial charge in [-0.1, -0.05) is 295 Å². The summed E-state index contributed by atoms with van der Waals surface area (Å²) in [5.41, 5.74) is 0. The minimum atomic E-state index is -1.80. The van der Waals surface area contributed by atoms with Crippen molar-refractivity contribution < 1.29 is 64.6 Å². The molecule has 0 aliphatic carbocycles. The fraction of sp³-hybridized carbons (Fsp3) is 0.716. The predicted molar refractivity (Wildman–Crippen MR) is 391 cm³/mol. The Morgan fingerprint density at radius 1 is 0.389 bits per heavy atom. The van der Waals surface area contributed by atoms with Crippen molar-refractivity contribution in [2.45, 2.75) is 351 Å². The Labute approximate surface area is 577 Å². The van der Waals surface area contributed by atoms with Crippen LogP contribution in [0.1, 0.15) is 277 Å². The third kappa shape index (κ3) is 46.9. The molecule has 0 bridgehead atoms. The van der Waals surface area contributed by atoms with Gasteiger partial charge < -0.3 is 65.1 Å². The molecule has 0 spiro atoms. The molecule has 9 N–H and O–H groups in total. The second kappa shape index (κ2) is 63.6. The maximum atomic E-state index is 13.4. The number of nitrogens with one attached hydrogen (secondary N) is 1. The summed E-state index contributed by atoms with van der Waals surface area (Å²) in [4.78, 5) is 13.4. The Morgan fingerprint density at radius 2 is 0.737 bits per heavy atom. The average molecular weight is 1330 g/mol. The lowest BCUT2D eigenvalue weighted by Crippen LogP contribution is -2.65. The van der Waals surface area contributed by atoms with Gasteiger partial charge in [0.05, 0.1) is 32.0 Å². The Bertz CT molecular complexity index is 2110. The highest BCUT2D eigenvalue weighted by atomic mass is 16.7. The highest BCUT2D eigenvalue weighted by molar-refractivity contribution is 5.76. The van der Waals surface area contributed by atoms with E-state index in [1.165, 1.54) is 141 Å². The molecule has 1 amide bonds. The van der Waals surface area contributed by atoms with Gasteiger partial charge in [0.25, 0.3) is 0 Å². The van der Waals surface area contributed by atoms with E-state index in [1.807, 2.05) is 6.08 Å². The molecular formula is C81H137NO13. The molecule has 0 aromatic heterocycles. The molecule has 544 valence electrons. The number of amides is 1. The first-order valence-corrected chi connectivity index (χ1v) is 37.9. The van der Waals surface area contributed by atoms with Crippen molar-refractivity contribution >= 4 is 5.91 Å². The molecule has 12 atom stereocenters. The lowest BCUT2D eigenvalue weighted by molar-refractivity contribution is -0.359. The van der Waals surface area contributed by atoms with Crippen LogP contribution in [0.5, 0.6) is 0 Å². The van der Waals surface area contributed by atoms with Gasteiger partial charge in [0.1, 0.15) is 48.8 Å². The third-order valence-electron chi connectivity index (χ3n) is 17.5. The summed E-state index contributed by atoms with van der Waals surface area (Å²) < 4.78 is 22.9. The van der Waals surface area contributed by atoms with E-state index in [4.69, 9.17) is 18.9 Å². The van der Waals surface area contributed by atoms with E-state index in [9.17, 15) is 45.6 Å². The molecule has 95 heavy (non-hydrogen) atoms. The van der Waals surface area contributed by atoms with Crippen LogP contribution in [0.25, 0.3) is 0 Å². The van der Waals surface area contributed by atoms with Crippen LogP contribution in [-0.2, 0) is 23.7 Å². The first kappa shape index (κ1) is 87.2. The van der Waals surface area contributed by atoms with E-state index in [1.54, 1.807) is 6.08 Å². The highest BCUT2D eigenvalue weighted by Crippen LogP contribution is 2.30. The number of aliphatic hydroxyl groups excluding tert-OH is 8. The minimum absolute atomic E-state index is 0.259. The van der Waals surface area contributed by atoms with Gasteiger partial charge in [-0.25, -0.2) is 0 Å². The number of carbonyl (C=O) groups is 1. The van der Waals surface area contributed by atoms with Gasteiger partial charge in [-0.05, 0) is 109 Å². The third-order valence-corrected chi connectivity index (χ3v) is 17.5. The van der Waals surface area contributed by atoms with Crippen molar-refractivity contribution in [1.82, 2.24) is 5.32 Å². The number of allylic oxidation sites excluding steroid dienone is 21. The first-order chi connectivity index (χ1) is 46.6. The smallest absolute Gasteiger partial charge is 0.220 e. The summed E-state index contributed by atoms with van der Waals surface area (Å²) in [5.74, 6) is -0.259. The fourth-order valence-electron chi connectivity index (χ4n) is 11.6. The fourth-order valence-corrected chi connectivity index (χ4v) is 11.6. The number of rotatable bonds is 61. The van der Waals surface area contributed by atoms with Gasteiger partial charge in [-0.15, -0.1) is 0 Å². The lowest BCUT2D eigenvalue weighted by Gasteiger charge is -2.46. The van der Waals surface area contributed by atoms with Crippen LogP contribution in [0, 0.1) is 0 Å². The van der Waals surface area contributed by atoms with E-state index in [0.29, 0.717) is 12.8 Å². The Balaban J connectivity index is 1.66. The second-order valence-corrected chi connectivity index (χ2v) is 26.0. The normalized spacial score (nSPS) is 23.1. The maximum absolute atomic E-state index is 13.4. The molecule has 0 saturated carbocycles. The van der Waals surface area contributed by atoms with Crippen LogP contribution in [0.15, 0.2) is 134 Å². The van der Waals surface area contributed by atoms with Gasteiger partial charge in [0, 0.05) is 6.42 Å². The Kier molecular flexibility index (Phi) is 58.4. The molecule has 0 aromatic carbocycles. The molecule has 0 radical (unpaired) electrons. The zero-order chi connectivity index (χ0) is 68.7. The average Bonchev–Trinajstić information content (AvgIpc) is 0.927. The van der Waals surface area contributed by atoms with Gasteiger partial charge in [0.2, 0.25) is 5.91 Å². The molecule has 0 aromatic rings. The molecular weight excluding hydrogens is 1190 g/mol. The number of hydrogen-bond acceptors (Lipinski definition) is 13. The number of unbranched alkanes of at least 4 members (excludes halogenated alkanes) is 28. The summed E-state index contributed by atoms with van der Waals surface area (Å²) in [5, 5.41) is 87.5. The van der Waals surface area contributed by atoms with Gasteiger partial charge >= 0.3 is 0 Å². The van der Waals surface area contributed by atoms with E-state index >= 15 is 0 Å². The van der Waals surface area contributed by atoms with E-state index in [0.717, 1.165) is 103 Å². The SMILES string of the molecule is CC/C=C\C/C=C\C/C=C\C/C=C\C/C=C\C/C=C\C/C=C\C/C=C\CCCCCCCCCCCCCCC(=O)NC(COC1OC(CO)C(OC2OC(CO)C(O)C(O)C2O)C(O)C1O)C(O)/C=C/CC/C=C/CC/C=C/CCCCCCCCCCCCCCCC. The van der Waals surface area contributed by atoms with Crippen LogP contribution >= 0.6 is 0 Å². The molecule has 2 heterocycles. The second-order valence-electron chi connectivity index (χ2n) is 26.0. The number of carbonyl (C=O) groups excluding carboxylic acids is 1. The Morgan fingerprint density at radius 3 is 1.16 bits per heavy atom. The molecule has 2 fully saturated rings. The zero-order valence-electron chi connectivity index (χ0n) is 59.4. The van der Waals surface area contributed by atoms with Crippen molar-refractivity contribution in [2.75, 3.05) is 19.8 Å². The van der Waals surface area contributed by atoms with Crippen LogP contribution in [0.4, 0.5) is 0 Å². The van der Waals surface area contributed by atoms with Crippen molar-refractivity contribution in [2.24, 2.45) is 0 Å². The number of aliphatic hydroxyl groups is 8. The highest BCUT2D eigenvalue weighted by Gasteiger charge is 2.51. The number of hydrogen-bond donors (Lipinski definition) is 9. The summed E-state index contributed by atoms with van der Waals surface area (Å²) in [7, 11) is 0. The van der Waals surface area contributed by atoms with Crippen LogP contribution in [0.2, 0.25) is 0 Å². The predicted octanol–water partition coefficient (Wildman–Crippen LogP) is 16.6. The molecule has 14 heteroatoms. The topological polar surface area (TPSA) is 228 Å². The summed E-state index contributed by atoms with van der Waals surface area (Å²) in [6, 6.07) is -0.949. The number of ether oxygens (including phenoxy) is 4. The van der Waals surface area contributed by atoms with Crippen molar-refractivity contribution in [3.05, 3.63) is 134 Å². The van der Waals surface area contributed by atoms with E-state index in [2.05, 4.69) is 141 Å². The maximum Gasteiger partial charge on any atom is 0.220 e. The zero-order valence-corrected chi connectivity index (χ0v) is 59.4. The van der Waals surface area contributed by atoms with Gasteiger partial charge in [-0.3, -0.25) is 4.79 Å². The first-order valence-electron chi connectivity index (χ1n) is 37.9. The summed E-state index contributed by atoms with van der Waals surface area (Å²) in [6.45, 7) is 2.67. The van der Waals surface area contributed by atoms with Crippen molar-refractivity contribution in [3.63, 3.8) is 0 Å². The van der Waals surface area contributed by atoms with Crippen LogP contribution in [-0.4, -0.2) is 140 Å². The van der Waals surface area contributed by atoms with Crippen LogP contribution in [0.3, 0.4) is 0 Å². The molecule has 2 rings (SSSR count). The standard InChI is InChI=1S/C81H137NO13/c1-3-5-7-9-11-13-15-17-19-21-23-25-27-29-30-31-32-33-34-35-36-37-38-39-40-41-43-45-47-49-51-53-55-57-59-61-63-65-73(86)82-69(68-92-80-78(91)76(89)79(72(67-84)94-80)95-81-77(90)75(88)74(87)71(66-83)93-81)70(85)64-62-60-58-56-54-52-50-48-46-44-42-28-26-24-22-20-18-16-14-12-10-8-6-4-2/h5,7,11,13,17,19,23,25,29-30,32-33,35-36,38-39,46,48,54,56,62,64,69-72,74-81,83-85,87-91H,3-4,6,8-10,12,14-16,18,20-22,24,26-28,31,34,37,40-45,47,49-53,55,57-61,63,65-68H2,1-2H3,(H,82,86)/b7-5-,13-11-,19-17-,25-23-,30-29-,33-32-,36-35-,39-38-,48-46+,56-54+,64-62+. The van der Waals surface area contributed by atoms with Crippen molar-refractivity contribution in [1.29, 1.82) is 0 Å². The quantitative estimate of drug-likeness (QED) is 0.0204. The summed E-state index contributed by atoms with van der Waals surface area (Å²) in [6.07, 6.45) is 78.0. The lowest BCUT2D eigenvalue weighted by atomic mass is 9.97. The minimum Gasteiger partial charge on any atom is -0.394 e. The largest absolute Gasteiger partial charge is 0.394 e. The van der Waals surface area contributed by atoms with E-state index in [-0.39, 0.29) is 18.9 Å². The van der Waals surface area contributed by atoms with Crippen LogP contribution < -0.4 is 5.32 Å². The monoisotopic (exact) mass is 1330 g/mol. The molecule has 2 saturated heterocycles. The molecule has 12 unspecified atom stereocenters. The van der Waals surface area contributed by atoms with Gasteiger partial charge in [0.15, 0.2) is 12.6 Å². The molecule has 2 aliphatic rings. The van der Waals surface area contributed by atoms with E-state index < -0.39 is 86.8 Å². The Hall–Kier alpha value is -3.87. The summed E-state index contributed by atoms with van der Waals surface area (Å²) >= 11 is 0. The van der Waals surface area contributed by atoms with Crippen molar-refractivity contribution in [3.8, 4) is 0 Å². The molecule has 2 aliphatic heterocycles.